The van der Waals surface area contributed by atoms with Gasteiger partial charge in [0.15, 0.2) is 0 Å². The number of aromatic hydroxyl groups is 1. The summed E-state index contributed by atoms with van der Waals surface area (Å²) in [5, 5.41) is 12.1. The zero-order valence-electron chi connectivity index (χ0n) is 10.6. The van der Waals surface area contributed by atoms with Crippen molar-refractivity contribution in [3.05, 3.63) is 53.3 Å². The van der Waals surface area contributed by atoms with Crippen molar-refractivity contribution in [1.82, 2.24) is 10.3 Å². The summed E-state index contributed by atoms with van der Waals surface area (Å²) in [5.41, 5.74) is 8.11. The molecule has 0 radical (unpaired) electrons. The predicted molar refractivity (Wildman–Crippen MR) is 72.7 cm³/mol. The number of aryl methyl sites for hydroxylation is 1. The summed E-state index contributed by atoms with van der Waals surface area (Å²) in [5.74, 6) is -0.315. The van der Waals surface area contributed by atoms with Crippen molar-refractivity contribution in [2.45, 2.75) is 13.5 Å². The Hall–Kier alpha value is -2.56. The number of nitrogens with zero attached hydrogens (tertiary/aromatic N) is 1. The zero-order valence-corrected chi connectivity index (χ0v) is 10.6. The summed E-state index contributed by atoms with van der Waals surface area (Å²) in [6, 6.07) is 8.06. The number of benzene rings is 1. The van der Waals surface area contributed by atoms with Gasteiger partial charge in [0.25, 0.3) is 5.91 Å². The second-order valence-corrected chi connectivity index (χ2v) is 4.26. The molecule has 0 saturated heterocycles. The molecule has 19 heavy (non-hydrogen) atoms. The number of rotatable bonds is 3. The van der Waals surface area contributed by atoms with E-state index >= 15 is 0 Å². The molecule has 2 rings (SSSR count). The molecule has 0 spiro atoms. The van der Waals surface area contributed by atoms with Gasteiger partial charge in [0.1, 0.15) is 5.75 Å². The SMILES string of the molecule is Cc1ccc(CNC(=O)c2cc(O)ccc2N)cn1. The number of hydrogen-bond acceptors (Lipinski definition) is 4. The number of aromatic nitrogens is 1. The number of carbonyl (C=O) groups is 1. The first kappa shape index (κ1) is 12.9. The normalized spacial score (nSPS) is 10.2. The lowest BCUT2D eigenvalue weighted by Gasteiger charge is -2.08. The van der Waals surface area contributed by atoms with E-state index in [2.05, 4.69) is 10.3 Å². The van der Waals surface area contributed by atoms with Gasteiger partial charge in [-0.1, -0.05) is 6.07 Å². The first-order valence-electron chi connectivity index (χ1n) is 5.84. The highest BCUT2D eigenvalue weighted by atomic mass is 16.3. The summed E-state index contributed by atoms with van der Waals surface area (Å²) in [6.07, 6.45) is 1.71. The topological polar surface area (TPSA) is 88.2 Å². The smallest absolute Gasteiger partial charge is 0.253 e. The Morgan fingerprint density at radius 1 is 1.37 bits per heavy atom. The Morgan fingerprint density at radius 3 is 2.84 bits per heavy atom. The van der Waals surface area contributed by atoms with Gasteiger partial charge in [0, 0.05) is 24.1 Å². The molecule has 5 heteroatoms. The van der Waals surface area contributed by atoms with E-state index < -0.39 is 0 Å². The van der Waals surface area contributed by atoms with Gasteiger partial charge >= 0.3 is 0 Å². The van der Waals surface area contributed by atoms with Gasteiger partial charge in [-0.25, -0.2) is 0 Å². The number of phenols is 1. The third-order valence-electron chi connectivity index (χ3n) is 2.71. The average Bonchev–Trinajstić information content (AvgIpc) is 2.40. The maximum absolute atomic E-state index is 11.9. The highest BCUT2D eigenvalue weighted by molar-refractivity contribution is 5.99. The van der Waals surface area contributed by atoms with Crippen molar-refractivity contribution in [1.29, 1.82) is 0 Å². The number of phenolic OH excluding ortho intramolecular Hbond substituents is 1. The molecule has 0 saturated carbocycles. The lowest BCUT2D eigenvalue weighted by Crippen LogP contribution is -2.23. The number of anilines is 1. The number of hydrogen-bond donors (Lipinski definition) is 3. The van der Waals surface area contributed by atoms with E-state index in [1.807, 2.05) is 19.1 Å². The van der Waals surface area contributed by atoms with Crippen LogP contribution < -0.4 is 11.1 Å². The summed E-state index contributed by atoms with van der Waals surface area (Å²) < 4.78 is 0. The van der Waals surface area contributed by atoms with Crippen LogP contribution in [0.1, 0.15) is 21.6 Å². The molecule has 1 heterocycles. The Morgan fingerprint density at radius 2 is 2.16 bits per heavy atom. The van der Waals surface area contributed by atoms with Crippen molar-refractivity contribution >= 4 is 11.6 Å². The van der Waals surface area contributed by atoms with Crippen LogP contribution in [-0.2, 0) is 6.54 Å². The van der Waals surface area contributed by atoms with Crippen molar-refractivity contribution in [2.75, 3.05) is 5.73 Å². The molecule has 0 aliphatic heterocycles. The molecule has 0 bridgehead atoms. The standard InChI is InChI=1S/C14H15N3O2/c1-9-2-3-10(7-16-9)8-17-14(19)12-6-11(18)4-5-13(12)15/h2-7,18H,8,15H2,1H3,(H,17,19). The van der Waals surface area contributed by atoms with Gasteiger partial charge in [0.05, 0.1) is 5.56 Å². The molecular weight excluding hydrogens is 242 g/mol. The minimum Gasteiger partial charge on any atom is -0.508 e. The van der Waals surface area contributed by atoms with Crippen LogP contribution in [0.15, 0.2) is 36.5 Å². The van der Waals surface area contributed by atoms with Gasteiger partial charge < -0.3 is 16.2 Å². The number of carbonyl (C=O) groups excluding carboxylic acids is 1. The van der Waals surface area contributed by atoms with E-state index in [-0.39, 0.29) is 17.2 Å². The second kappa shape index (κ2) is 5.39. The molecule has 1 amide bonds. The fraction of sp³-hybridized carbons (Fsp3) is 0.143. The van der Waals surface area contributed by atoms with Crippen LogP contribution in [-0.4, -0.2) is 16.0 Å². The lowest BCUT2D eigenvalue weighted by molar-refractivity contribution is 0.0951. The van der Waals surface area contributed by atoms with Crippen LogP contribution >= 0.6 is 0 Å². The highest BCUT2D eigenvalue weighted by Crippen LogP contribution is 2.18. The third-order valence-corrected chi connectivity index (χ3v) is 2.71. The number of nitrogen functional groups attached to an aromatic ring is 1. The lowest BCUT2D eigenvalue weighted by atomic mass is 10.1. The second-order valence-electron chi connectivity index (χ2n) is 4.26. The van der Waals surface area contributed by atoms with E-state index in [0.29, 0.717) is 12.2 Å². The zero-order chi connectivity index (χ0) is 13.8. The van der Waals surface area contributed by atoms with Crippen molar-refractivity contribution in [3.8, 4) is 5.75 Å². The Balaban J connectivity index is 2.05. The molecule has 4 N–H and O–H groups in total. The number of nitrogens with two attached hydrogens (primary N) is 1. The maximum atomic E-state index is 11.9. The molecule has 1 aromatic carbocycles. The molecule has 98 valence electrons. The van der Waals surface area contributed by atoms with Crippen molar-refractivity contribution < 1.29 is 9.90 Å². The first-order valence-corrected chi connectivity index (χ1v) is 5.84. The molecule has 0 atom stereocenters. The fourth-order valence-electron chi connectivity index (χ4n) is 1.62. The van der Waals surface area contributed by atoms with E-state index in [4.69, 9.17) is 5.73 Å². The van der Waals surface area contributed by atoms with Gasteiger partial charge in [-0.3, -0.25) is 9.78 Å². The molecule has 0 fully saturated rings. The average molecular weight is 257 g/mol. The molecule has 0 aliphatic carbocycles. The minimum atomic E-state index is -0.325. The van der Waals surface area contributed by atoms with Gasteiger partial charge in [0.2, 0.25) is 0 Å². The van der Waals surface area contributed by atoms with E-state index in [0.717, 1.165) is 11.3 Å². The maximum Gasteiger partial charge on any atom is 0.253 e. The number of pyridine rings is 1. The molecule has 1 aromatic heterocycles. The molecule has 5 nitrogen and oxygen atoms in total. The molecular formula is C14H15N3O2. The van der Waals surface area contributed by atoms with Crippen LogP contribution in [0.25, 0.3) is 0 Å². The summed E-state index contributed by atoms with van der Waals surface area (Å²) >= 11 is 0. The van der Waals surface area contributed by atoms with Gasteiger partial charge in [-0.2, -0.15) is 0 Å². The third kappa shape index (κ3) is 3.22. The Kier molecular flexibility index (Phi) is 3.66. The quantitative estimate of drug-likeness (QED) is 0.575. The van der Waals surface area contributed by atoms with E-state index in [1.54, 1.807) is 6.20 Å². The number of amides is 1. The first-order chi connectivity index (χ1) is 9.06. The number of nitrogens with one attached hydrogen (secondary N) is 1. The van der Waals surface area contributed by atoms with E-state index in [1.165, 1.54) is 18.2 Å². The van der Waals surface area contributed by atoms with Crippen LogP contribution in [0.5, 0.6) is 5.75 Å². The monoisotopic (exact) mass is 257 g/mol. The van der Waals surface area contributed by atoms with E-state index in [9.17, 15) is 9.90 Å². The van der Waals surface area contributed by atoms with Crippen LogP contribution in [0.4, 0.5) is 5.69 Å². The Labute approximate surface area is 111 Å². The van der Waals surface area contributed by atoms with Crippen molar-refractivity contribution in [2.24, 2.45) is 0 Å². The van der Waals surface area contributed by atoms with Crippen LogP contribution in [0, 0.1) is 6.92 Å². The summed E-state index contributed by atoms with van der Waals surface area (Å²) in [6.45, 7) is 2.26. The summed E-state index contributed by atoms with van der Waals surface area (Å²) in [4.78, 5) is 16.1. The van der Waals surface area contributed by atoms with Crippen LogP contribution in [0.2, 0.25) is 0 Å². The largest absolute Gasteiger partial charge is 0.508 e. The highest BCUT2D eigenvalue weighted by Gasteiger charge is 2.10. The Bertz CT molecular complexity index is 594. The molecule has 0 aliphatic rings. The molecule has 0 unspecified atom stereocenters. The van der Waals surface area contributed by atoms with Gasteiger partial charge in [-0.05, 0) is 36.8 Å². The molecule has 2 aromatic rings. The predicted octanol–water partition coefficient (Wildman–Crippen LogP) is 1.61. The van der Waals surface area contributed by atoms with Crippen LogP contribution in [0.3, 0.4) is 0 Å². The minimum absolute atomic E-state index is 0.0105. The van der Waals surface area contributed by atoms with Gasteiger partial charge in [-0.15, -0.1) is 0 Å². The fourth-order valence-corrected chi connectivity index (χ4v) is 1.62. The van der Waals surface area contributed by atoms with Crippen molar-refractivity contribution in [3.63, 3.8) is 0 Å². The summed E-state index contributed by atoms with van der Waals surface area (Å²) in [7, 11) is 0.